The topological polar surface area (TPSA) is 41.9 Å². The van der Waals surface area contributed by atoms with Gasteiger partial charge in [-0.05, 0) is 64.3 Å². The SMILES string of the molecule is CC1(C)OB(C(F)=C(CN2CCC(CO)C2)c2ccc(Cl)cc2)OC1(C)C. The molecule has 1 atom stereocenters. The molecule has 0 saturated carbocycles. The van der Waals surface area contributed by atoms with Crippen LogP contribution in [-0.2, 0) is 9.31 Å². The zero-order valence-electron chi connectivity index (χ0n) is 16.5. The van der Waals surface area contributed by atoms with E-state index in [0.717, 1.165) is 25.1 Å². The highest BCUT2D eigenvalue weighted by atomic mass is 35.5. The Labute approximate surface area is 166 Å². The number of benzene rings is 1. The molecule has 2 heterocycles. The van der Waals surface area contributed by atoms with E-state index in [1.807, 2.05) is 39.8 Å². The van der Waals surface area contributed by atoms with Crippen LogP contribution in [0.2, 0.25) is 5.02 Å². The van der Waals surface area contributed by atoms with Crippen LogP contribution in [0.25, 0.3) is 5.57 Å². The van der Waals surface area contributed by atoms with Gasteiger partial charge in [0.2, 0.25) is 0 Å². The van der Waals surface area contributed by atoms with Gasteiger partial charge >= 0.3 is 7.12 Å². The molecule has 0 aromatic heterocycles. The summed E-state index contributed by atoms with van der Waals surface area (Å²) < 4.78 is 27.4. The smallest absolute Gasteiger partial charge is 0.398 e. The van der Waals surface area contributed by atoms with Crippen molar-refractivity contribution in [3.8, 4) is 0 Å². The Morgan fingerprint density at radius 2 is 1.81 bits per heavy atom. The minimum Gasteiger partial charge on any atom is -0.398 e. The molecule has 148 valence electrons. The molecule has 0 spiro atoms. The fraction of sp³-hybridized carbons (Fsp3) is 0.600. The largest absolute Gasteiger partial charge is 0.525 e. The molecule has 2 aliphatic heterocycles. The maximum absolute atomic E-state index is 15.6. The van der Waals surface area contributed by atoms with Crippen molar-refractivity contribution in [2.75, 3.05) is 26.2 Å². The third-order valence-corrected chi connectivity index (χ3v) is 6.20. The lowest BCUT2D eigenvalue weighted by molar-refractivity contribution is 0.00578. The molecule has 0 bridgehead atoms. The minimum absolute atomic E-state index is 0.163. The Hall–Kier alpha value is -0.915. The zero-order chi connectivity index (χ0) is 19.8. The summed E-state index contributed by atoms with van der Waals surface area (Å²) >= 11 is 6.01. The van der Waals surface area contributed by atoms with E-state index < -0.39 is 24.0 Å². The van der Waals surface area contributed by atoms with Gasteiger partial charge in [0, 0.05) is 30.3 Å². The van der Waals surface area contributed by atoms with Gasteiger partial charge < -0.3 is 14.4 Å². The van der Waals surface area contributed by atoms with E-state index in [1.165, 1.54) is 0 Å². The quantitative estimate of drug-likeness (QED) is 0.766. The number of hydrogen-bond donors (Lipinski definition) is 1. The summed E-state index contributed by atoms with van der Waals surface area (Å²) in [4.78, 5) is 2.16. The summed E-state index contributed by atoms with van der Waals surface area (Å²) in [5, 5.41) is 10.0. The van der Waals surface area contributed by atoms with Gasteiger partial charge in [-0.1, -0.05) is 23.7 Å². The van der Waals surface area contributed by atoms with E-state index in [-0.39, 0.29) is 12.5 Å². The van der Waals surface area contributed by atoms with Crippen molar-refractivity contribution in [2.24, 2.45) is 5.92 Å². The lowest BCUT2D eigenvalue weighted by Gasteiger charge is -2.32. The minimum atomic E-state index is -1.03. The Kier molecular flexibility index (Phi) is 6.04. The first-order valence-corrected chi connectivity index (χ1v) is 9.84. The zero-order valence-corrected chi connectivity index (χ0v) is 17.2. The Balaban J connectivity index is 1.91. The van der Waals surface area contributed by atoms with Gasteiger partial charge in [0.15, 0.2) is 0 Å². The van der Waals surface area contributed by atoms with Gasteiger partial charge in [-0.15, -0.1) is 0 Å². The van der Waals surface area contributed by atoms with Crippen molar-refractivity contribution >= 4 is 24.3 Å². The predicted octanol–water partition coefficient (Wildman–Crippen LogP) is 3.97. The Morgan fingerprint density at radius 3 is 2.33 bits per heavy atom. The first kappa shape index (κ1) is 20.8. The lowest BCUT2D eigenvalue weighted by Crippen LogP contribution is -2.41. The molecule has 0 radical (unpaired) electrons. The van der Waals surface area contributed by atoms with E-state index in [1.54, 1.807) is 12.1 Å². The molecule has 3 rings (SSSR count). The number of aliphatic hydroxyl groups excluding tert-OH is 1. The number of aliphatic hydroxyl groups is 1. The molecule has 1 N–H and O–H groups in total. The van der Waals surface area contributed by atoms with E-state index in [9.17, 15) is 5.11 Å². The molecule has 4 nitrogen and oxygen atoms in total. The van der Waals surface area contributed by atoms with E-state index >= 15 is 4.39 Å². The van der Waals surface area contributed by atoms with Crippen LogP contribution in [0.4, 0.5) is 4.39 Å². The molecule has 0 amide bonds. The molecule has 2 saturated heterocycles. The molecule has 1 aromatic carbocycles. The van der Waals surface area contributed by atoms with Gasteiger partial charge in [0.1, 0.15) is 5.73 Å². The van der Waals surface area contributed by atoms with Crippen LogP contribution in [0.3, 0.4) is 0 Å². The summed E-state index contributed by atoms with van der Waals surface area (Å²) in [5.41, 5.74) is -0.294. The van der Waals surface area contributed by atoms with E-state index in [0.29, 0.717) is 17.1 Å². The van der Waals surface area contributed by atoms with Crippen LogP contribution >= 0.6 is 11.6 Å². The van der Waals surface area contributed by atoms with Crippen LogP contribution in [0, 0.1) is 5.92 Å². The molecule has 27 heavy (non-hydrogen) atoms. The molecule has 1 unspecified atom stereocenters. The van der Waals surface area contributed by atoms with E-state index in [2.05, 4.69) is 4.90 Å². The second-order valence-electron chi connectivity index (χ2n) is 8.49. The third-order valence-electron chi connectivity index (χ3n) is 5.95. The summed E-state index contributed by atoms with van der Waals surface area (Å²) in [5.74, 6) is 0.247. The van der Waals surface area contributed by atoms with Crippen molar-refractivity contribution in [1.82, 2.24) is 4.90 Å². The molecule has 2 fully saturated rings. The molecule has 0 aliphatic carbocycles. The molecular weight excluding hydrogens is 367 g/mol. The fourth-order valence-electron chi connectivity index (χ4n) is 3.47. The van der Waals surface area contributed by atoms with Crippen molar-refractivity contribution in [2.45, 2.75) is 45.3 Å². The molecular formula is C20H28BClFNO3. The number of nitrogens with zero attached hydrogens (tertiary/aromatic N) is 1. The average Bonchev–Trinajstić information content (AvgIpc) is 3.14. The normalized spacial score (nSPS) is 25.7. The second kappa shape index (κ2) is 7.84. The highest BCUT2D eigenvalue weighted by Crippen LogP contribution is 2.40. The Morgan fingerprint density at radius 1 is 1.22 bits per heavy atom. The number of rotatable bonds is 5. The number of halogens is 2. The maximum atomic E-state index is 15.6. The van der Waals surface area contributed by atoms with Gasteiger partial charge in [-0.2, -0.15) is 0 Å². The highest BCUT2D eigenvalue weighted by molar-refractivity contribution is 6.55. The van der Waals surface area contributed by atoms with Gasteiger partial charge in [0.05, 0.1) is 11.2 Å². The standard InChI is InChI=1S/C20H28BClFNO3/c1-19(2)20(3,4)27-21(26-19)18(23)17(15-5-7-16(22)8-6-15)12-24-10-9-14(11-24)13-25/h5-8,14,25H,9-13H2,1-4H3. The van der Waals surface area contributed by atoms with Crippen LogP contribution in [0.15, 0.2) is 30.0 Å². The first-order valence-electron chi connectivity index (χ1n) is 9.46. The van der Waals surface area contributed by atoms with Crippen LogP contribution in [0.1, 0.15) is 39.7 Å². The molecule has 7 heteroatoms. The van der Waals surface area contributed by atoms with Gasteiger partial charge in [0.25, 0.3) is 0 Å². The monoisotopic (exact) mass is 395 g/mol. The summed E-state index contributed by atoms with van der Waals surface area (Å²) in [6, 6.07) is 7.16. The summed E-state index contributed by atoms with van der Waals surface area (Å²) in [6.45, 7) is 9.83. The summed E-state index contributed by atoms with van der Waals surface area (Å²) in [7, 11) is -1.03. The predicted molar refractivity (Wildman–Crippen MR) is 107 cm³/mol. The van der Waals surface area contributed by atoms with Crippen LogP contribution in [0.5, 0.6) is 0 Å². The highest BCUT2D eigenvalue weighted by Gasteiger charge is 2.53. The molecule has 1 aromatic rings. The van der Waals surface area contributed by atoms with Crippen molar-refractivity contribution in [1.29, 1.82) is 0 Å². The number of hydrogen-bond acceptors (Lipinski definition) is 4. The van der Waals surface area contributed by atoms with Crippen LogP contribution in [-0.4, -0.2) is 54.6 Å². The van der Waals surface area contributed by atoms with Crippen LogP contribution < -0.4 is 0 Å². The van der Waals surface area contributed by atoms with Crippen molar-refractivity contribution < 1.29 is 18.8 Å². The van der Waals surface area contributed by atoms with Gasteiger partial charge in [-0.3, -0.25) is 4.90 Å². The summed E-state index contributed by atoms with van der Waals surface area (Å²) in [6.07, 6.45) is 0.919. The Bertz CT molecular complexity index is 692. The van der Waals surface area contributed by atoms with Crippen molar-refractivity contribution in [3.05, 3.63) is 40.6 Å². The van der Waals surface area contributed by atoms with E-state index in [4.69, 9.17) is 20.9 Å². The average molecular weight is 396 g/mol. The first-order chi connectivity index (χ1) is 12.6. The lowest BCUT2D eigenvalue weighted by atomic mass is 9.82. The third kappa shape index (κ3) is 4.41. The number of likely N-dealkylation sites (tertiary alicyclic amines) is 1. The molecule has 2 aliphatic rings. The second-order valence-corrected chi connectivity index (χ2v) is 8.93. The van der Waals surface area contributed by atoms with Crippen molar-refractivity contribution in [3.63, 3.8) is 0 Å². The van der Waals surface area contributed by atoms with Gasteiger partial charge in [-0.25, -0.2) is 4.39 Å². The fourth-order valence-corrected chi connectivity index (χ4v) is 3.60. The maximum Gasteiger partial charge on any atom is 0.525 e.